The van der Waals surface area contributed by atoms with Gasteiger partial charge in [0.15, 0.2) is 0 Å². The summed E-state index contributed by atoms with van der Waals surface area (Å²) in [6.07, 6.45) is 6.08. The van der Waals surface area contributed by atoms with E-state index >= 15 is 0 Å². The van der Waals surface area contributed by atoms with Gasteiger partial charge in [-0.3, -0.25) is 4.98 Å². The highest BCUT2D eigenvalue weighted by Gasteiger charge is 2.32. The molecule has 0 radical (unpaired) electrons. The Morgan fingerprint density at radius 3 is 3.08 bits per heavy atom. The molecule has 0 amide bonds. The first-order valence-electron chi connectivity index (χ1n) is 4.79. The van der Waals surface area contributed by atoms with Crippen molar-refractivity contribution in [3.8, 4) is 0 Å². The molecule has 1 unspecified atom stereocenters. The van der Waals surface area contributed by atoms with Crippen LogP contribution >= 0.6 is 0 Å². The summed E-state index contributed by atoms with van der Waals surface area (Å²) in [6, 6.07) is 2.23. The third kappa shape index (κ3) is 1.35. The molecule has 1 aliphatic rings. The lowest BCUT2D eigenvalue weighted by molar-refractivity contribution is 0.248. The summed E-state index contributed by atoms with van der Waals surface area (Å²) in [6.45, 7) is 4.46. The summed E-state index contributed by atoms with van der Waals surface area (Å²) in [5, 5.41) is 0. The lowest BCUT2D eigenvalue weighted by atomic mass is 9.71. The van der Waals surface area contributed by atoms with Crippen molar-refractivity contribution in [1.29, 1.82) is 0 Å². The van der Waals surface area contributed by atoms with Crippen molar-refractivity contribution in [1.82, 2.24) is 4.98 Å². The molecule has 1 heterocycles. The van der Waals surface area contributed by atoms with E-state index in [2.05, 4.69) is 24.9 Å². The monoisotopic (exact) mass is 176 g/mol. The minimum absolute atomic E-state index is 0.143. The minimum Gasteiger partial charge on any atom is -0.323 e. The molecule has 2 N–H and O–H groups in total. The molecule has 0 spiro atoms. The Bertz CT molecular complexity index is 318. The Labute approximate surface area is 79.2 Å². The molecule has 0 aliphatic heterocycles. The van der Waals surface area contributed by atoms with E-state index in [4.69, 9.17) is 5.73 Å². The second kappa shape index (κ2) is 2.81. The van der Waals surface area contributed by atoms with Gasteiger partial charge in [-0.15, -0.1) is 0 Å². The molecular weight excluding hydrogens is 160 g/mol. The molecule has 0 saturated heterocycles. The first kappa shape index (κ1) is 8.70. The maximum atomic E-state index is 6.18. The van der Waals surface area contributed by atoms with E-state index < -0.39 is 0 Å². The molecule has 0 fully saturated rings. The van der Waals surface area contributed by atoms with Gasteiger partial charge < -0.3 is 5.73 Å². The standard InChI is InChI=1S/C11H16N2/c1-11(2)5-3-8-4-6-13-7-9(8)10(11)12/h4,6-7,10H,3,5,12H2,1-2H3. The molecule has 2 rings (SSSR count). The van der Waals surface area contributed by atoms with Crippen molar-refractivity contribution >= 4 is 0 Å². The lowest BCUT2D eigenvalue weighted by Gasteiger charge is -2.37. The molecule has 13 heavy (non-hydrogen) atoms. The van der Waals surface area contributed by atoms with E-state index in [0.717, 1.165) is 6.42 Å². The summed E-state index contributed by atoms with van der Waals surface area (Å²) in [5.74, 6) is 0. The molecule has 1 aromatic heterocycles. The van der Waals surface area contributed by atoms with Crippen LogP contribution in [-0.4, -0.2) is 4.98 Å². The highest BCUT2D eigenvalue weighted by atomic mass is 14.7. The van der Waals surface area contributed by atoms with Gasteiger partial charge in [-0.2, -0.15) is 0 Å². The van der Waals surface area contributed by atoms with Crippen LogP contribution in [0.4, 0.5) is 0 Å². The van der Waals surface area contributed by atoms with Crippen LogP contribution in [0, 0.1) is 5.41 Å². The van der Waals surface area contributed by atoms with Crippen molar-refractivity contribution in [2.45, 2.75) is 32.7 Å². The van der Waals surface area contributed by atoms with Crippen molar-refractivity contribution in [2.24, 2.45) is 11.1 Å². The van der Waals surface area contributed by atoms with Gasteiger partial charge >= 0.3 is 0 Å². The Kier molecular flexibility index (Phi) is 1.88. The summed E-state index contributed by atoms with van der Waals surface area (Å²) in [4.78, 5) is 4.13. The van der Waals surface area contributed by atoms with E-state index in [1.807, 2.05) is 12.4 Å². The van der Waals surface area contributed by atoms with Crippen LogP contribution in [0.5, 0.6) is 0 Å². The van der Waals surface area contributed by atoms with Gasteiger partial charge in [-0.05, 0) is 35.4 Å². The topological polar surface area (TPSA) is 38.9 Å². The number of hydrogen-bond donors (Lipinski definition) is 1. The molecule has 1 atom stereocenters. The number of hydrogen-bond acceptors (Lipinski definition) is 2. The number of nitrogens with two attached hydrogens (primary N) is 1. The molecule has 0 bridgehead atoms. The summed E-state index contributed by atoms with van der Waals surface area (Å²) in [5.41, 5.74) is 9.01. The van der Waals surface area contributed by atoms with E-state index in [1.54, 1.807) is 0 Å². The Hall–Kier alpha value is -0.890. The van der Waals surface area contributed by atoms with Crippen molar-refractivity contribution < 1.29 is 0 Å². The van der Waals surface area contributed by atoms with Crippen LogP contribution in [0.2, 0.25) is 0 Å². The van der Waals surface area contributed by atoms with Gasteiger partial charge in [0.2, 0.25) is 0 Å². The largest absolute Gasteiger partial charge is 0.323 e. The molecule has 0 aromatic carbocycles. The van der Waals surface area contributed by atoms with E-state index in [1.165, 1.54) is 17.5 Å². The smallest absolute Gasteiger partial charge is 0.0365 e. The Morgan fingerprint density at radius 1 is 1.54 bits per heavy atom. The number of rotatable bonds is 0. The fraction of sp³-hybridized carbons (Fsp3) is 0.545. The zero-order valence-electron chi connectivity index (χ0n) is 8.25. The number of aromatic nitrogens is 1. The zero-order valence-corrected chi connectivity index (χ0v) is 8.25. The third-order valence-corrected chi connectivity index (χ3v) is 3.16. The quantitative estimate of drug-likeness (QED) is 0.657. The van der Waals surface area contributed by atoms with E-state index in [9.17, 15) is 0 Å². The first-order valence-corrected chi connectivity index (χ1v) is 4.79. The molecule has 2 heteroatoms. The second-order valence-corrected chi connectivity index (χ2v) is 4.54. The zero-order chi connectivity index (χ0) is 9.47. The predicted octanol–water partition coefficient (Wildman–Crippen LogP) is 2.05. The average molecular weight is 176 g/mol. The maximum Gasteiger partial charge on any atom is 0.0365 e. The minimum atomic E-state index is 0.143. The highest BCUT2D eigenvalue weighted by Crippen LogP contribution is 2.41. The molecular formula is C11H16N2. The van der Waals surface area contributed by atoms with Crippen molar-refractivity contribution in [2.75, 3.05) is 0 Å². The number of nitrogens with zero attached hydrogens (tertiary/aromatic N) is 1. The number of aryl methyl sites for hydroxylation is 1. The van der Waals surface area contributed by atoms with Crippen LogP contribution in [-0.2, 0) is 6.42 Å². The molecule has 2 nitrogen and oxygen atoms in total. The maximum absolute atomic E-state index is 6.18. The second-order valence-electron chi connectivity index (χ2n) is 4.54. The fourth-order valence-corrected chi connectivity index (χ4v) is 1.98. The highest BCUT2D eigenvalue weighted by molar-refractivity contribution is 5.30. The third-order valence-electron chi connectivity index (χ3n) is 3.16. The van der Waals surface area contributed by atoms with Crippen LogP contribution in [0.3, 0.4) is 0 Å². The average Bonchev–Trinajstić information content (AvgIpc) is 2.13. The normalized spacial score (nSPS) is 25.3. The summed E-state index contributed by atoms with van der Waals surface area (Å²) >= 11 is 0. The first-order chi connectivity index (χ1) is 6.11. The molecule has 1 aromatic rings. The molecule has 1 aliphatic carbocycles. The van der Waals surface area contributed by atoms with Crippen LogP contribution in [0.15, 0.2) is 18.5 Å². The summed E-state index contributed by atoms with van der Waals surface area (Å²) in [7, 11) is 0. The van der Waals surface area contributed by atoms with Gasteiger partial charge in [0.25, 0.3) is 0 Å². The van der Waals surface area contributed by atoms with Crippen LogP contribution in [0.1, 0.15) is 37.4 Å². The van der Waals surface area contributed by atoms with E-state index in [0.29, 0.717) is 0 Å². The SMILES string of the molecule is CC1(C)CCc2ccncc2C1N. The van der Waals surface area contributed by atoms with Gasteiger partial charge in [-0.1, -0.05) is 13.8 Å². The Balaban J connectivity index is 2.45. The van der Waals surface area contributed by atoms with Crippen LogP contribution in [0.25, 0.3) is 0 Å². The number of fused-ring (bicyclic) bond motifs is 1. The lowest BCUT2D eigenvalue weighted by Crippen LogP contribution is -2.34. The van der Waals surface area contributed by atoms with Gasteiger partial charge in [0.05, 0.1) is 0 Å². The van der Waals surface area contributed by atoms with Gasteiger partial charge in [0.1, 0.15) is 0 Å². The molecule has 0 saturated carbocycles. The van der Waals surface area contributed by atoms with Crippen molar-refractivity contribution in [3.05, 3.63) is 29.6 Å². The molecule has 70 valence electrons. The van der Waals surface area contributed by atoms with Gasteiger partial charge in [0, 0.05) is 18.4 Å². The van der Waals surface area contributed by atoms with E-state index in [-0.39, 0.29) is 11.5 Å². The summed E-state index contributed by atoms with van der Waals surface area (Å²) < 4.78 is 0. The van der Waals surface area contributed by atoms with Crippen molar-refractivity contribution in [3.63, 3.8) is 0 Å². The van der Waals surface area contributed by atoms with Crippen LogP contribution < -0.4 is 5.73 Å². The number of pyridine rings is 1. The fourth-order valence-electron chi connectivity index (χ4n) is 1.98. The predicted molar refractivity (Wildman–Crippen MR) is 53.3 cm³/mol. The Morgan fingerprint density at radius 2 is 2.31 bits per heavy atom. The van der Waals surface area contributed by atoms with Gasteiger partial charge in [-0.25, -0.2) is 0 Å².